The van der Waals surface area contributed by atoms with Crippen LogP contribution in [0.2, 0.25) is 0 Å². The molecule has 0 fully saturated rings. The zero-order chi connectivity index (χ0) is 28.5. The van der Waals surface area contributed by atoms with Gasteiger partial charge in [-0.25, -0.2) is 9.97 Å². The van der Waals surface area contributed by atoms with Gasteiger partial charge in [-0.15, -0.1) is 54.1 Å². The van der Waals surface area contributed by atoms with Crippen molar-refractivity contribution < 1.29 is 24.5 Å². The van der Waals surface area contributed by atoms with Gasteiger partial charge < -0.3 is 14.0 Å². The van der Waals surface area contributed by atoms with E-state index in [2.05, 4.69) is 56.8 Å². The summed E-state index contributed by atoms with van der Waals surface area (Å²) >= 11 is 0. The molecule has 7 heteroatoms. The molecule has 211 valence electrons. The number of nitrogens with zero attached hydrogens (tertiary/aromatic N) is 5. The van der Waals surface area contributed by atoms with Gasteiger partial charge in [0.25, 0.3) is 0 Å². The molecule has 0 spiro atoms. The standard InChI is InChI=1S/C25H17N4O.C11H8N.Ir/c1-15-13-14-26-23-21(15)29(17-7-4-3-5-8-17)24(28-23)20-10-6-9-18-19-12-11-16(2)27-25(19)30-22(18)20;1-2-6-10(7-3-1)11-8-4-5-9-12-11;/h3-9,11-14H,1-2H3;1-6,8-9H;/q2*-1;. The zero-order valence-corrected chi connectivity index (χ0v) is 25.8. The van der Waals surface area contributed by atoms with E-state index in [9.17, 15) is 0 Å². The number of furan rings is 1. The number of hydrogen-bond donors (Lipinski definition) is 0. The van der Waals surface area contributed by atoms with Crippen LogP contribution in [0, 0.1) is 26.0 Å². The molecule has 43 heavy (non-hydrogen) atoms. The smallest absolute Gasteiger partial charge is 0.216 e. The number of rotatable bonds is 3. The molecule has 8 rings (SSSR count). The molecule has 0 unspecified atom stereocenters. The van der Waals surface area contributed by atoms with Gasteiger partial charge in [0.2, 0.25) is 5.71 Å². The molecule has 0 saturated carbocycles. The van der Waals surface area contributed by atoms with Crippen LogP contribution >= 0.6 is 0 Å². The van der Waals surface area contributed by atoms with Gasteiger partial charge in [-0.05, 0) is 61.5 Å². The summed E-state index contributed by atoms with van der Waals surface area (Å²) in [6.07, 6.45) is 3.58. The molecular weight excluding hydrogens is 711 g/mol. The van der Waals surface area contributed by atoms with Crippen molar-refractivity contribution >= 4 is 33.2 Å². The van der Waals surface area contributed by atoms with Gasteiger partial charge in [-0.3, -0.25) is 4.98 Å². The minimum atomic E-state index is 0. The third kappa shape index (κ3) is 5.36. The summed E-state index contributed by atoms with van der Waals surface area (Å²) in [5, 5.41) is 1.99. The van der Waals surface area contributed by atoms with Crippen LogP contribution < -0.4 is 0 Å². The molecule has 0 N–H and O–H groups in total. The summed E-state index contributed by atoms with van der Waals surface area (Å²) in [6, 6.07) is 40.4. The monoisotopic (exact) mass is 736 g/mol. The number of benzene rings is 3. The molecule has 6 nitrogen and oxygen atoms in total. The van der Waals surface area contributed by atoms with Crippen molar-refractivity contribution in [2.75, 3.05) is 0 Å². The Hall–Kier alpha value is -4.97. The third-order valence-electron chi connectivity index (χ3n) is 7.08. The van der Waals surface area contributed by atoms with Crippen molar-refractivity contribution in [2.45, 2.75) is 13.8 Å². The minimum Gasteiger partial charge on any atom is -0.486 e. The second-order valence-electron chi connectivity index (χ2n) is 9.90. The van der Waals surface area contributed by atoms with E-state index in [4.69, 9.17) is 9.40 Å². The number of pyridine rings is 3. The van der Waals surface area contributed by atoms with Gasteiger partial charge in [-0.1, -0.05) is 41.3 Å². The molecule has 5 heterocycles. The van der Waals surface area contributed by atoms with Crippen LogP contribution in [0.1, 0.15) is 11.3 Å². The topological polar surface area (TPSA) is 69.6 Å². The Labute approximate surface area is 262 Å². The van der Waals surface area contributed by atoms with Crippen LogP contribution in [0.4, 0.5) is 0 Å². The molecular formula is C36H25IrN5O-2. The van der Waals surface area contributed by atoms with Crippen LogP contribution in [-0.4, -0.2) is 24.5 Å². The molecule has 0 aliphatic heterocycles. The van der Waals surface area contributed by atoms with Gasteiger partial charge >= 0.3 is 0 Å². The normalized spacial score (nSPS) is 10.8. The first-order chi connectivity index (χ1) is 20.7. The quantitative estimate of drug-likeness (QED) is 0.171. The molecule has 0 aliphatic rings. The van der Waals surface area contributed by atoms with E-state index in [1.54, 1.807) is 12.4 Å². The SMILES string of the molecule is Cc1ccc2c(n1)oc1c(-c3nc4nccc(C)c4n3-c3ccccc3)[c-]ccc12.[Ir].[c-]1ccccc1-c1ccccn1. The van der Waals surface area contributed by atoms with E-state index in [0.717, 1.165) is 61.5 Å². The predicted molar refractivity (Wildman–Crippen MR) is 166 cm³/mol. The van der Waals surface area contributed by atoms with Crippen LogP contribution in [0.25, 0.3) is 61.6 Å². The number of imidazole rings is 1. The summed E-state index contributed by atoms with van der Waals surface area (Å²) in [7, 11) is 0. The number of aromatic nitrogens is 5. The second kappa shape index (κ2) is 12.1. The van der Waals surface area contributed by atoms with Crippen LogP contribution in [-0.2, 0) is 20.1 Å². The zero-order valence-electron chi connectivity index (χ0n) is 23.4. The molecule has 0 amide bonds. The van der Waals surface area contributed by atoms with Gasteiger partial charge in [0, 0.05) is 49.3 Å². The number of hydrogen-bond acceptors (Lipinski definition) is 5. The fraction of sp³-hybridized carbons (Fsp3) is 0.0556. The molecule has 0 bridgehead atoms. The van der Waals surface area contributed by atoms with Crippen LogP contribution in [0.3, 0.4) is 0 Å². The van der Waals surface area contributed by atoms with E-state index in [0.29, 0.717) is 11.4 Å². The Morgan fingerprint density at radius 1 is 0.698 bits per heavy atom. The van der Waals surface area contributed by atoms with Crippen molar-refractivity contribution in [3.8, 4) is 28.3 Å². The molecule has 8 aromatic rings. The Morgan fingerprint density at radius 3 is 2.33 bits per heavy atom. The third-order valence-corrected chi connectivity index (χ3v) is 7.08. The van der Waals surface area contributed by atoms with E-state index < -0.39 is 0 Å². The molecule has 0 aliphatic carbocycles. The van der Waals surface area contributed by atoms with E-state index in [1.165, 1.54) is 0 Å². The first-order valence-corrected chi connectivity index (χ1v) is 13.7. The molecule has 5 aromatic heterocycles. The number of fused-ring (bicyclic) bond motifs is 4. The van der Waals surface area contributed by atoms with Crippen molar-refractivity contribution in [2.24, 2.45) is 0 Å². The Bertz CT molecular complexity index is 2120. The Morgan fingerprint density at radius 2 is 1.53 bits per heavy atom. The van der Waals surface area contributed by atoms with Gasteiger partial charge in [0.05, 0.1) is 16.9 Å². The van der Waals surface area contributed by atoms with E-state index >= 15 is 0 Å². The first kappa shape index (κ1) is 28.2. The molecule has 1 radical (unpaired) electrons. The summed E-state index contributed by atoms with van der Waals surface area (Å²) in [5.74, 6) is 0.749. The number of aryl methyl sites for hydroxylation is 2. The van der Waals surface area contributed by atoms with Crippen molar-refractivity contribution in [3.05, 3.63) is 139 Å². The summed E-state index contributed by atoms with van der Waals surface area (Å²) in [6.45, 7) is 4.04. The summed E-state index contributed by atoms with van der Waals surface area (Å²) in [5.41, 5.74) is 8.89. The number of para-hydroxylation sites is 1. The summed E-state index contributed by atoms with van der Waals surface area (Å²) in [4.78, 5) is 18.2. The maximum absolute atomic E-state index is 6.22. The maximum Gasteiger partial charge on any atom is 0.216 e. The average Bonchev–Trinajstić information content (AvgIpc) is 3.62. The van der Waals surface area contributed by atoms with E-state index in [1.807, 2.05) is 91.9 Å². The Balaban J connectivity index is 0.000000213. The molecule has 0 atom stereocenters. The minimum absolute atomic E-state index is 0. The van der Waals surface area contributed by atoms with E-state index in [-0.39, 0.29) is 20.1 Å². The van der Waals surface area contributed by atoms with Crippen molar-refractivity contribution in [1.82, 2.24) is 24.5 Å². The van der Waals surface area contributed by atoms with Gasteiger partial charge in [0.15, 0.2) is 5.65 Å². The van der Waals surface area contributed by atoms with Gasteiger partial charge in [0.1, 0.15) is 0 Å². The molecule has 3 aromatic carbocycles. The summed E-state index contributed by atoms with van der Waals surface area (Å²) < 4.78 is 8.35. The van der Waals surface area contributed by atoms with Crippen molar-refractivity contribution in [3.63, 3.8) is 0 Å². The van der Waals surface area contributed by atoms with Crippen LogP contribution in [0.15, 0.2) is 120 Å². The molecule has 0 saturated heterocycles. The first-order valence-electron chi connectivity index (χ1n) is 13.7. The Kier molecular flexibility index (Phi) is 7.92. The fourth-order valence-electron chi connectivity index (χ4n) is 5.10. The van der Waals surface area contributed by atoms with Crippen LogP contribution in [0.5, 0.6) is 0 Å². The maximum atomic E-state index is 6.22. The largest absolute Gasteiger partial charge is 0.486 e. The van der Waals surface area contributed by atoms with Crippen molar-refractivity contribution in [1.29, 1.82) is 0 Å². The fourth-order valence-corrected chi connectivity index (χ4v) is 5.10. The second-order valence-corrected chi connectivity index (χ2v) is 9.90. The average molecular weight is 736 g/mol. The van der Waals surface area contributed by atoms with Gasteiger partial charge in [-0.2, -0.15) is 0 Å². The predicted octanol–water partition coefficient (Wildman–Crippen LogP) is 8.35.